The van der Waals surface area contributed by atoms with Crippen LogP contribution in [0.1, 0.15) is 20.8 Å². The molecule has 0 saturated heterocycles. The Labute approximate surface area is 101 Å². The van der Waals surface area contributed by atoms with Crippen LogP contribution >= 0.6 is 0 Å². The monoisotopic (exact) mass is 232 g/mol. The predicted molar refractivity (Wildman–Crippen MR) is 65.6 cm³/mol. The van der Waals surface area contributed by atoms with Gasteiger partial charge in [0, 0.05) is 11.1 Å². The van der Waals surface area contributed by atoms with Crippen LogP contribution in [0.25, 0.3) is 0 Å². The predicted octanol–water partition coefficient (Wildman–Crippen LogP) is 2.57. The number of rotatable bonds is 3. The van der Waals surface area contributed by atoms with E-state index >= 15 is 0 Å². The van der Waals surface area contributed by atoms with Crippen molar-refractivity contribution in [3.63, 3.8) is 0 Å². The van der Waals surface area contributed by atoms with E-state index in [-0.39, 0.29) is 12.5 Å². The molecule has 0 saturated carbocycles. The Morgan fingerprint density at radius 3 is 2.41 bits per heavy atom. The van der Waals surface area contributed by atoms with E-state index in [1.807, 2.05) is 26.8 Å². The molecule has 1 aromatic rings. The average Bonchev–Trinajstić information content (AvgIpc) is 2.27. The molecule has 0 fully saturated rings. The van der Waals surface area contributed by atoms with Crippen LogP contribution in [0.5, 0.6) is 5.75 Å². The van der Waals surface area contributed by atoms with Crippen LogP contribution in [-0.2, 0) is 4.79 Å². The van der Waals surface area contributed by atoms with E-state index in [9.17, 15) is 4.79 Å². The molecular weight excluding hydrogens is 216 g/mol. The molecule has 0 heterocycles. The number of nitrogens with zero attached hydrogens (tertiary/aromatic N) is 1. The van der Waals surface area contributed by atoms with Gasteiger partial charge in [-0.3, -0.25) is 4.79 Å². The quantitative estimate of drug-likeness (QED) is 0.871. The number of hydrogen-bond acceptors (Lipinski definition) is 3. The summed E-state index contributed by atoms with van der Waals surface area (Å²) in [4.78, 5) is 11.7. The van der Waals surface area contributed by atoms with Crippen molar-refractivity contribution >= 4 is 11.6 Å². The maximum Gasteiger partial charge on any atom is 0.229 e. The number of benzene rings is 1. The number of nitriles is 1. The summed E-state index contributed by atoms with van der Waals surface area (Å²) in [6.45, 7) is 5.58. The van der Waals surface area contributed by atoms with Gasteiger partial charge in [-0.2, -0.15) is 5.26 Å². The van der Waals surface area contributed by atoms with Crippen LogP contribution in [0.15, 0.2) is 24.3 Å². The fourth-order valence-electron chi connectivity index (χ4n) is 1.07. The maximum absolute atomic E-state index is 11.7. The van der Waals surface area contributed by atoms with Crippen LogP contribution < -0.4 is 10.1 Å². The summed E-state index contributed by atoms with van der Waals surface area (Å²) < 4.78 is 5.11. The number of ether oxygens (including phenoxy) is 1. The Hall–Kier alpha value is -2.02. The van der Waals surface area contributed by atoms with Crippen LogP contribution in [0, 0.1) is 16.7 Å². The highest BCUT2D eigenvalue weighted by molar-refractivity contribution is 5.94. The first-order chi connectivity index (χ1) is 7.93. The Bertz CT molecular complexity index is 424. The molecule has 4 nitrogen and oxygen atoms in total. The maximum atomic E-state index is 11.7. The second kappa shape index (κ2) is 5.35. The molecular formula is C13H16N2O2. The summed E-state index contributed by atoms with van der Waals surface area (Å²) in [5.41, 5.74) is 0.296. The lowest BCUT2D eigenvalue weighted by Crippen LogP contribution is -2.27. The van der Waals surface area contributed by atoms with Gasteiger partial charge in [-0.15, -0.1) is 0 Å². The molecule has 0 aliphatic rings. The molecule has 1 amide bonds. The molecule has 0 aliphatic carbocycles. The molecule has 1 aromatic carbocycles. The third-order valence-corrected chi connectivity index (χ3v) is 2.10. The highest BCUT2D eigenvalue weighted by Crippen LogP contribution is 2.19. The van der Waals surface area contributed by atoms with Crippen LogP contribution in [0.3, 0.4) is 0 Å². The van der Waals surface area contributed by atoms with E-state index in [1.54, 1.807) is 24.3 Å². The normalized spacial score (nSPS) is 10.5. The SMILES string of the molecule is CC(C)(C)C(=O)Nc1ccc(OCC#N)cc1. The summed E-state index contributed by atoms with van der Waals surface area (Å²) in [7, 11) is 0. The minimum absolute atomic E-state index is 0.0215. The van der Waals surface area contributed by atoms with Gasteiger partial charge in [0.15, 0.2) is 6.61 Å². The topological polar surface area (TPSA) is 62.1 Å². The summed E-state index contributed by atoms with van der Waals surface area (Å²) in [5, 5.41) is 11.2. The van der Waals surface area contributed by atoms with Gasteiger partial charge in [0.1, 0.15) is 11.8 Å². The van der Waals surface area contributed by atoms with Gasteiger partial charge in [0.05, 0.1) is 0 Å². The molecule has 1 rings (SSSR count). The van der Waals surface area contributed by atoms with Crippen molar-refractivity contribution in [3.8, 4) is 11.8 Å². The summed E-state index contributed by atoms with van der Waals surface area (Å²) in [6.07, 6.45) is 0. The van der Waals surface area contributed by atoms with E-state index in [2.05, 4.69) is 5.32 Å². The van der Waals surface area contributed by atoms with E-state index in [0.29, 0.717) is 11.4 Å². The number of hydrogen-bond donors (Lipinski definition) is 1. The number of amides is 1. The van der Waals surface area contributed by atoms with Crippen LogP contribution in [0.2, 0.25) is 0 Å². The Morgan fingerprint density at radius 2 is 1.94 bits per heavy atom. The third kappa shape index (κ3) is 4.15. The molecule has 17 heavy (non-hydrogen) atoms. The van der Waals surface area contributed by atoms with Crippen molar-refractivity contribution in [2.45, 2.75) is 20.8 Å². The fourth-order valence-corrected chi connectivity index (χ4v) is 1.07. The summed E-state index contributed by atoms with van der Waals surface area (Å²) >= 11 is 0. The van der Waals surface area contributed by atoms with Gasteiger partial charge in [-0.05, 0) is 24.3 Å². The fraction of sp³-hybridized carbons (Fsp3) is 0.385. The minimum Gasteiger partial charge on any atom is -0.479 e. The van der Waals surface area contributed by atoms with E-state index < -0.39 is 5.41 Å². The van der Waals surface area contributed by atoms with Crippen molar-refractivity contribution in [1.29, 1.82) is 5.26 Å². The highest BCUT2D eigenvalue weighted by atomic mass is 16.5. The van der Waals surface area contributed by atoms with Gasteiger partial charge in [0.2, 0.25) is 5.91 Å². The van der Waals surface area contributed by atoms with Crippen molar-refractivity contribution < 1.29 is 9.53 Å². The zero-order chi connectivity index (χ0) is 12.9. The molecule has 0 unspecified atom stereocenters. The number of carbonyl (C=O) groups is 1. The van der Waals surface area contributed by atoms with Crippen molar-refractivity contribution in [3.05, 3.63) is 24.3 Å². The van der Waals surface area contributed by atoms with Crippen molar-refractivity contribution in [2.75, 3.05) is 11.9 Å². The van der Waals surface area contributed by atoms with E-state index in [4.69, 9.17) is 10.00 Å². The average molecular weight is 232 g/mol. The largest absolute Gasteiger partial charge is 0.479 e. The Balaban J connectivity index is 2.63. The molecule has 0 bridgehead atoms. The molecule has 0 spiro atoms. The smallest absolute Gasteiger partial charge is 0.229 e. The van der Waals surface area contributed by atoms with E-state index in [0.717, 1.165) is 0 Å². The number of carbonyl (C=O) groups excluding carboxylic acids is 1. The lowest BCUT2D eigenvalue weighted by molar-refractivity contribution is -0.123. The molecule has 0 aliphatic heterocycles. The first-order valence-electron chi connectivity index (χ1n) is 5.35. The molecule has 0 atom stereocenters. The minimum atomic E-state index is -0.421. The van der Waals surface area contributed by atoms with Crippen LogP contribution in [0.4, 0.5) is 5.69 Å². The second-order valence-electron chi connectivity index (χ2n) is 4.68. The molecule has 0 radical (unpaired) electrons. The van der Waals surface area contributed by atoms with Crippen molar-refractivity contribution in [1.82, 2.24) is 0 Å². The standard InChI is InChI=1S/C13H16N2O2/c1-13(2,3)12(16)15-10-4-6-11(7-5-10)17-9-8-14/h4-7H,9H2,1-3H3,(H,15,16). The molecule has 90 valence electrons. The summed E-state index contributed by atoms with van der Waals surface area (Å²) in [5.74, 6) is 0.573. The van der Waals surface area contributed by atoms with Gasteiger partial charge in [-0.1, -0.05) is 20.8 Å². The zero-order valence-corrected chi connectivity index (χ0v) is 10.3. The van der Waals surface area contributed by atoms with E-state index in [1.165, 1.54) is 0 Å². The number of anilines is 1. The Morgan fingerprint density at radius 1 is 1.35 bits per heavy atom. The van der Waals surface area contributed by atoms with Crippen LogP contribution in [-0.4, -0.2) is 12.5 Å². The van der Waals surface area contributed by atoms with Gasteiger partial charge >= 0.3 is 0 Å². The van der Waals surface area contributed by atoms with Gasteiger partial charge < -0.3 is 10.1 Å². The Kier molecular flexibility index (Phi) is 4.11. The number of nitrogens with one attached hydrogen (secondary N) is 1. The van der Waals surface area contributed by atoms with Gasteiger partial charge in [-0.25, -0.2) is 0 Å². The first-order valence-corrected chi connectivity index (χ1v) is 5.35. The molecule has 1 N–H and O–H groups in total. The van der Waals surface area contributed by atoms with Gasteiger partial charge in [0.25, 0.3) is 0 Å². The first kappa shape index (κ1) is 13.0. The lowest BCUT2D eigenvalue weighted by atomic mass is 9.95. The summed E-state index contributed by atoms with van der Waals surface area (Å²) in [6, 6.07) is 8.82. The second-order valence-corrected chi connectivity index (χ2v) is 4.68. The highest BCUT2D eigenvalue weighted by Gasteiger charge is 2.20. The zero-order valence-electron chi connectivity index (χ0n) is 10.3. The van der Waals surface area contributed by atoms with Crippen molar-refractivity contribution in [2.24, 2.45) is 5.41 Å². The molecule has 0 aromatic heterocycles. The lowest BCUT2D eigenvalue weighted by Gasteiger charge is -2.17. The third-order valence-electron chi connectivity index (χ3n) is 2.10. The molecule has 4 heteroatoms.